The number of hydrogen-bond acceptors (Lipinski definition) is 6. The van der Waals surface area contributed by atoms with Crippen LogP contribution in [0.5, 0.6) is 0 Å². The molecule has 0 heterocycles. The molecule has 7 heteroatoms. The molecule has 0 aliphatic rings. The van der Waals surface area contributed by atoms with E-state index in [1.54, 1.807) is 6.92 Å². The first-order valence-electron chi connectivity index (χ1n) is 5.58. The highest BCUT2D eigenvalue weighted by atomic mass is 16.6. The Bertz CT molecular complexity index is 499. The van der Waals surface area contributed by atoms with Crippen molar-refractivity contribution in [2.75, 3.05) is 6.61 Å². The van der Waals surface area contributed by atoms with Gasteiger partial charge in [0, 0.05) is 6.07 Å². The average Bonchev–Trinajstić information content (AvgIpc) is 2.38. The summed E-state index contributed by atoms with van der Waals surface area (Å²) in [5, 5.41) is 10.8. The van der Waals surface area contributed by atoms with E-state index in [1.165, 1.54) is 31.2 Å². The van der Waals surface area contributed by atoms with Gasteiger partial charge in [0.15, 0.2) is 6.10 Å². The molecule has 1 aromatic carbocycles. The molecule has 0 aliphatic heterocycles. The minimum Gasteiger partial charge on any atom is -0.463 e. The van der Waals surface area contributed by atoms with Gasteiger partial charge in [-0.3, -0.25) is 10.1 Å². The summed E-state index contributed by atoms with van der Waals surface area (Å²) in [6, 6.07) is 5.35. The van der Waals surface area contributed by atoms with E-state index >= 15 is 0 Å². The van der Waals surface area contributed by atoms with Gasteiger partial charge in [0.1, 0.15) is 5.56 Å². The second-order valence-electron chi connectivity index (χ2n) is 3.57. The van der Waals surface area contributed by atoms with E-state index in [0.29, 0.717) is 0 Å². The molecule has 0 saturated carbocycles. The molecule has 0 bridgehead atoms. The molecule has 7 nitrogen and oxygen atoms in total. The molecular formula is C12H13NO6. The lowest BCUT2D eigenvalue weighted by atomic mass is 10.2. The molecule has 102 valence electrons. The molecule has 0 N–H and O–H groups in total. The summed E-state index contributed by atoms with van der Waals surface area (Å²) >= 11 is 0. The van der Waals surface area contributed by atoms with Crippen molar-refractivity contribution in [3.8, 4) is 0 Å². The third-order valence-electron chi connectivity index (χ3n) is 2.22. The second-order valence-corrected chi connectivity index (χ2v) is 3.57. The van der Waals surface area contributed by atoms with Crippen LogP contribution in [-0.4, -0.2) is 29.6 Å². The van der Waals surface area contributed by atoms with Crippen LogP contribution in [0.4, 0.5) is 5.69 Å². The van der Waals surface area contributed by atoms with Gasteiger partial charge >= 0.3 is 11.9 Å². The lowest BCUT2D eigenvalue weighted by Crippen LogP contribution is -2.26. The van der Waals surface area contributed by atoms with Crippen molar-refractivity contribution in [1.29, 1.82) is 0 Å². The van der Waals surface area contributed by atoms with Crippen LogP contribution in [-0.2, 0) is 14.3 Å². The van der Waals surface area contributed by atoms with E-state index < -0.39 is 23.0 Å². The predicted octanol–water partition coefficient (Wildman–Crippen LogP) is 1.70. The Labute approximate surface area is 109 Å². The molecule has 0 spiro atoms. The summed E-state index contributed by atoms with van der Waals surface area (Å²) in [6.45, 7) is 3.12. The Morgan fingerprint density at radius 2 is 2.00 bits per heavy atom. The van der Waals surface area contributed by atoms with Crippen molar-refractivity contribution in [3.05, 3.63) is 39.9 Å². The Kier molecular flexibility index (Phi) is 4.99. The quantitative estimate of drug-likeness (QED) is 0.457. The summed E-state index contributed by atoms with van der Waals surface area (Å²) < 4.78 is 9.49. The number of esters is 2. The number of carbonyl (C=O) groups excluding carboxylic acids is 2. The van der Waals surface area contributed by atoms with E-state index in [2.05, 4.69) is 4.74 Å². The molecule has 1 aromatic rings. The van der Waals surface area contributed by atoms with Crippen molar-refractivity contribution in [2.45, 2.75) is 20.0 Å². The molecule has 19 heavy (non-hydrogen) atoms. The smallest absolute Gasteiger partial charge is 0.347 e. The van der Waals surface area contributed by atoms with Crippen LogP contribution in [0.2, 0.25) is 0 Å². The number of benzene rings is 1. The number of ether oxygens (including phenoxy) is 2. The number of para-hydroxylation sites is 1. The van der Waals surface area contributed by atoms with Crippen molar-refractivity contribution in [3.63, 3.8) is 0 Å². The van der Waals surface area contributed by atoms with Crippen LogP contribution >= 0.6 is 0 Å². The van der Waals surface area contributed by atoms with Gasteiger partial charge < -0.3 is 9.47 Å². The summed E-state index contributed by atoms with van der Waals surface area (Å²) in [5.74, 6) is -1.64. The zero-order chi connectivity index (χ0) is 14.4. The van der Waals surface area contributed by atoms with Gasteiger partial charge in [0.25, 0.3) is 5.69 Å². The zero-order valence-corrected chi connectivity index (χ0v) is 10.5. The van der Waals surface area contributed by atoms with Gasteiger partial charge in [-0.25, -0.2) is 9.59 Å². The van der Waals surface area contributed by atoms with Crippen LogP contribution in [0.3, 0.4) is 0 Å². The Balaban J connectivity index is 2.84. The van der Waals surface area contributed by atoms with Crippen molar-refractivity contribution >= 4 is 17.6 Å². The lowest BCUT2D eigenvalue weighted by molar-refractivity contribution is -0.385. The highest BCUT2D eigenvalue weighted by Gasteiger charge is 2.25. The third-order valence-corrected chi connectivity index (χ3v) is 2.22. The van der Waals surface area contributed by atoms with Crippen molar-refractivity contribution in [1.82, 2.24) is 0 Å². The van der Waals surface area contributed by atoms with E-state index in [9.17, 15) is 19.7 Å². The van der Waals surface area contributed by atoms with Crippen molar-refractivity contribution in [2.24, 2.45) is 0 Å². The highest BCUT2D eigenvalue weighted by Crippen LogP contribution is 2.19. The largest absolute Gasteiger partial charge is 0.463 e. The fraction of sp³-hybridized carbons (Fsp3) is 0.333. The van der Waals surface area contributed by atoms with E-state index in [-0.39, 0.29) is 17.9 Å². The number of hydrogen-bond donors (Lipinski definition) is 0. The van der Waals surface area contributed by atoms with E-state index in [4.69, 9.17) is 4.74 Å². The highest BCUT2D eigenvalue weighted by molar-refractivity contribution is 5.95. The molecule has 0 aliphatic carbocycles. The SMILES string of the molecule is CCOC(=O)C(C)OC(=O)c1ccccc1[N+](=O)[O-]. The Morgan fingerprint density at radius 3 is 2.58 bits per heavy atom. The predicted molar refractivity (Wildman–Crippen MR) is 64.6 cm³/mol. The fourth-order valence-electron chi connectivity index (χ4n) is 1.34. The maximum Gasteiger partial charge on any atom is 0.347 e. The normalized spacial score (nSPS) is 11.5. The summed E-state index contributed by atoms with van der Waals surface area (Å²) in [6.07, 6.45) is -1.12. The van der Waals surface area contributed by atoms with E-state index in [1.807, 2.05) is 0 Å². The third kappa shape index (κ3) is 3.77. The summed E-state index contributed by atoms with van der Waals surface area (Å²) in [7, 11) is 0. The molecule has 0 amide bonds. The van der Waals surface area contributed by atoms with Gasteiger partial charge in [0.2, 0.25) is 0 Å². The maximum absolute atomic E-state index is 11.8. The lowest BCUT2D eigenvalue weighted by Gasteiger charge is -2.11. The van der Waals surface area contributed by atoms with Crippen molar-refractivity contribution < 1.29 is 24.0 Å². The van der Waals surface area contributed by atoms with Gasteiger partial charge in [0.05, 0.1) is 11.5 Å². The standard InChI is InChI=1S/C12H13NO6/c1-3-18-11(14)8(2)19-12(15)9-6-4-5-7-10(9)13(16)17/h4-8H,3H2,1-2H3. The molecule has 0 aromatic heterocycles. The van der Waals surface area contributed by atoms with Crippen LogP contribution < -0.4 is 0 Å². The number of rotatable bonds is 5. The summed E-state index contributed by atoms with van der Waals surface area (Å²) in [4.78, 5) is 33.1. The monoisotopic (exact) mass is 267 g/mol. The average molecular weight is 267 g/mol. The number of nitrogens with zero attached hydrogens (tertiary/aromatic N) is 1. The van der Waals surface area contributed by atoms with Gasteiger partial charge in [-0.05, 0) is 19.9 Å². The first-order chi connectivity index (χ1) is 8.97. The molecule has 0 saturated heterocycles. The molecular weight excluding hydrogens is 254 g/mol. The van der Waals surface area contributed by atoms with Crippen LogP contribution in [0, 0.1) is 10.1 Å². The van der Waals surface area contributed by atoms with Crippen LogP contribution in [0.15, 0.2) is 24.3 Å². The molecule has 0 radical (unpaired) electrons. The molecule has 1 atom stereocenters. The minimum atomic E-state index is -1.12. The Hall–Kier alpha value is -2.44. The van der Waals surface area contributed by atoms with Gasteiger partial charge in [-0.1, -0.05) is 12.1 Å². The topological polar surface area (TPSA) is 95.7 Å². The molecule has 1 rings (SSSR count). The number of nitro groups is 1. The Morgan fingerprint density at radius 1 is 1.37 bits per heavy atom. The number of nitro benzene ring substituents is 1. The fourth-order valence-corrected chi connectivity index (χ4v) is 1.34. The summed E-state index contributed by atoms with van der Waals surface area (Å²) in [5.41, 5.74) is -0.577. The van der Waals surface area contributed by atoms with Crippen LogP contribution in [0.1, 0.15) is 24.2 Å². The second kappa shape index (κ2) is 6.48. The number of carbonyl (C=O) groups is 2. The zero-order valence-electron chi connectivity index (χ0n) is 10.5. The van der Waals surface area contributed by atoms with Gasteiger partial charge in [-0.2, -0.15) is 0 Å². The first kappa shape index (κ1) is 14.6. The first-order valence-corrected chi connectivity index (χ1v) is 5.58. The van der Waals surface area contributed by atoms with Gasteiger partial charge in [-0.15, -0.1) is 0 Å². The van der Waals surface area contributed by atoms with Crippen LogP contribution in [0.25, 0.3) is 0 Å². The molecule has 0 fully saturated rings. The molecule has 1 unspecified atom stereocenters. The maximum atomic E-state index is 11.8. The minimum absolute atomic E-state index is 0.159. The van der Waals surface area contributed by atoms with E-state index in [0.717, 1.165) is 0 Å².